The molecule has 5 aromatic carbocycles. The fourth-order valence-corrected chi connectivity index (χ4v) is 7.52. The van der Waals surface area contributed by atoms with E-state index >= 15 is 0 Å². The monoisotopic (exact) mass is 658 g/mol. The van der Waals surface area contributed by atoms with Gasteiger partial charge in [-0.15, -0.1) is 0 Å². The summed E-state index contributed by atoms with van der Waals surface area (Å²) in [5.41, 5.74) is 13.3. The van der Waals surface area contributed by atoms with Crippen molar-refractivity contribution in [1.82, 2.24) is 19.9 Å². The van der Waals surface area contributed by atoms with Gasteiger partial charge in [0.15, 0.2) is 0 Å². The molecule has 8 aromatic rings. The number of hydrogen-bond acceptors (Lipinski definition) is 3. The molecule has 0 unspecified atom stereocenters. The maximum absolute atomic E-state index is 6.44. The Hall–Kier alpha value is -6.46. The number of fused-ring (bicyclic) bond motifs is 20. The van der Waals surface area contributed by atoms with Crippen LogP contribution < -0.4 is 4.74 Å². The molecule has 0 saturated heterocycles. The topological polar surface area (TPSA) is 66.6 Å². The lowest BCUT2D eigenvalue weighted by Gasteiger charge is -2.19. The van der Waals surface area contributed by atoms with Crippen LogP contribution >= 0.6 is 0 Å². The summed E-state index contributed by atoms with van der Waals surface area (Å²) in [5, 5.41) is 4.54. The van der Waals surface area contributed by atoms with E-state index in [4.69, 9.17) is 14.7 Å². The zero-order valence-electron chi connectivity index (χ0n) is 28.6. The summed E-state index contributed by atoms with van der Waals surface area (Å²) in [4.78, 5) is 18.0. The summed E-state index contributed by atoms with van der Waals surface area (Å²) in [7, 11) is 0. The Balaban J connectivity index is 1.25. The highest BCUT2D eigenvalue weighted by atomic mass is 16.5. The number of hydrogen-bond donors (Lipinski definition) is 2. The lowest BCUT2D eigenvalue weighted by atomic mass is 9.87. The Labute approximate surface area is 295 Å². The summed E-state index contributed by atoms with van der Waals surface area (Å²) in [6.07, 6.45) is 0. The lowest BCUT2D eigenvalue weighted by molar-refractivity contribution is 0.481. The van der Waals surface area contributed by atoms with Gasteiger partial charge in [0.1, 0.15) is 11.5 Å². The lowest BCUT2D eigenvalue weighted by Crippen LogP contribution is -2.10. The molecule has 0 aliphatic carbocycles. The van der Waals surface area contributed by atoms with E-state index in [1.54, 1.807) is 0 Å². The molecule has 0 atom stereocenters. The predicted molar refractivity (Wildman–Crippen MR) is 210 cm³/mol. The van der Waals surface area contributed by atoms with Crippen LogP contribution in [0.15, 0.2) is 140 Å². The third-order valence-corrected chi connectivity index (χ3v) is 10.1. The quantitative estimate of drug-likeness (QED) is 0.194. The highest BCUT2D eigenvalue weighted by molar-refractivity contribution is 6.10. The van der Waals surface area contributed by atoms with Crippen molar-refractivity contribution < 1.29 is 4.74 Å². The van der Waals surface area contributed by atoms with Gasteiger partial charge in [-0.2, -0.15) is 0 Å². The minimum atomic E-state index is 0.0764. The highest BCUT2D eigenvalue weighted by Gasteiger charge is 2.21. The average molecular weight is 659 g/mol. The number of ether oxygens (including phenoxy) is 1. The molecular weight excluding hydrogens is 625 g/mol. The smallest absolute Gasteiger partial charge is 0.128 e. The molecule has 5 heterocycles. The van der Waals surface area contributed by atoms with E-state index in [1.165, 1.54) is 5.56 Å². The van der Waals surface area contributed by atoms with Crippen molar-refractivity contribution in [2.24, 2.45) is 0 Å². The van der Waals surface area contributed by atoms with E-state index in [9.17, 15) is 0 Å². The first-order chi connectivity index (χ1) is 24.9. The molecule has 0 fully saturated rings. The Morgan fingerprint density at radius 1 is 0.412 bits per heavy atom. The Morgan fingerprint density at radius 3 is 1.25 bits per heavy atom. The Bertz CT molecular complexity index is 2860. The Kier molecular flexibility index (Phi) is 6.37. The van der Waals surface area contributed by atoms with Crippen molar-refractivity contribution in [1.29, 1.82) is 0 Å². The normalized spacial score (nSPS) is 12.2. The molecule has 3 aromatic heterocycles. The second-order valence-corrected chi connectivity index (χ2v) is 14.5. The number of nitrogens with one attached hydrogen (secondary N) is 2. The fraction of sp³-hybridized carbons (Fsp3) is 0.0870. The molecule has 2 N–H and O–H groups in total. The standard InChI is InChI=1S/C46H34N4O/c1-46(2,3)27-16-18-28(19-17-27)51-29-20-21-36-37(22-29)45-26-43-35-15-9-8-14-34(35)41(49-43)24-39-31-11-5-4-10-30(31)38(47-39)23-40-32-12-6-7-13-33(32)42(48-40)25-44(36)50-45/h4-26,48-49H,1-3H3. The molecule has 0 radical (unpaired) electrons. The van der Waals surface area contributed by atoms with Crippen molar-refractivity contribution in [3.63, 3.8) is 0 Å². The van der Waals surface area contributed by atoms with E-state index < -0.39 is 0 Å². The van der Waals surface area contributed by atoms with E-state index in [2.05, 4.69) is 164 Å². The molecule has 10 rings (SSSR count). The zero-order valence-corrected chi connectivity index (χ0v) is 28.6. The van der Waals surface area contributed by atoms with E-state index in [-0.39, 0.29) is 5.41 Å². The van der Waals surface area contributed by atoms with Gasteiger partial charge in [-0.25, -0.2) is 9.97 Å². The molecule has 5 heteroatoms. The summed E-state index contributed by atoms with van der Waals surface area (Å²) >= 11 is 0. The number of aromatic amines is 2. The summed E-state index contributed by atoms with van der Waals surface area (Å²) in [5.74, 6) is 1.57. The third kappa shape index (κ3) is 4.92. The summed E-state index contributed by atoms with van der Waals surface area (Å²) in [6, 6.07) is 48.9. The number of benzene rings is 5. The van der Waals surface area contributed by atoms with Gasteiger partial charge in [0.05, 0.1) is 22.8 Å². The maximum atomic E-state index is 6.44. The van der Waals surface area contributed by atoms with Crippen LogP contribution in [-0.2, 0) is 5.41 Å². The molecular formula is C46H34N4O. The number of aromatic nitrogens is 4. The van der Waals surface area contributed by atoms with E-state index in [0.29, 0.717) is 0 Å². The number of rotatable bonds is 2. The van der Waals surface area contributed by atoms with E-state index in [0.717, 1.165) is 100 Å². The van der Waals surface area contributed by atoms with Crippen molar-refractivity contribution >= 4 is 43.6 Å². The van der Waals surface area contributed by atoms with Gasteiger partial charge >= 0.3 is 0 Å². The van der Waals surface area contributed by atoms with Gasteiger partial charge in [0.25, 0.3) is 0 Å². The molecule has 2 aliphatic rings. The molecule has 51 heavy (non-hydrogen) atoms. The van der Waals surface area contributed by atoms with Crippen molar-refractivity contribution in [2.45, 2.75) is 26.2 Å². The largest absolute Gasteiger partial charge is 0.457 e. The second-order valence-electron chi connectivity index (χ2n) is 14.5. The van der Waals surface area contributed by atoms with Crippen molar-refractivity contribution in [3.05, 3.63) is 145 Å². The van der Waals surface area contributed by atoms with Crippen molar-refractivity contribution in [2.75, 3.05) is 0 Å². The summed E-state index contributed by atoms with van der Waals surface area (Å²) < 4.78 is 6.44. The van der Waals surface area contributed by atoms with Gasteiger partial charge in [-0.3, -0.25) is 0 Å². The fourth-order valence-electron chi connectivity index (χ4n) is 7.52. The molecule has 8 bridgehead atoms. The first-order valence-electron chi connectivity index (χ1n) is 17.4. The summed E-state index contributed by atoms with van der Waals surface area (Å²) in [6.45, 7) is 6.66. The number of H-pyrrole nitrogens is 2. The van der Waals surface area contributed by atoms with Crippen molar-refractivity contribution in [3.8, 4) is 56.5 Å². The third-order valence-electron chi connectivity index (χ3n) is 10.1. The van der Waals surface area contributed by atoms with Gasteiger partial charge in [-0.05, 0) is 65.6 Å². The van der Waals surface area contributed by atoms with Crippen LogP contribution in [0.25, 0.3) is 88.6 Å². The van der Waals surface area contributed by atoms with Gasteiger partial charge in [0.2, 0.25) is 0 Å². The highest BCUT2D eigenvalue weighted by Crippen LogP contribution is 2.42. The molecule has 0 saturated carbocycles. The molecule has 244 valence electrons. The number of nitrogens with zero attached hydrogens (tertiary/aromatic N) is 2. The molecule has 0 spiro atoms. The SMILES string of the molecule is CC(C)(C)c1ccc(Oc2ccc3c(c2)-c2cc4[nH]c(cc5nc(cc6[nH]c(cc-3n2)c2ccccc62)-c2ccccc2-5)c2ccccc42)cc1. The first-order valence-corrected chi connectivity index (χ1v) is 17.4. The Morgan fingerprint density at radius 2 is 0.804 bits per heavy atom. The molecule has 5 nitrogen and oxygen atoms in total. The molecule has 2 aliphatic heterocycles. The van der Waals surface area contributed by atoms with Gasteiger partial charge in [0, 0.05) is 65.9 Å². The predicted octanol–water partition coefficient (Wildman–Crippen LogP) is 12.4. The van der Waals surface area contributed by atoms with Crippen LogP contribution in [0.4, 0.5) is 0 Å². The van der Waals surface area contributed by atoms with Crippen LogP contribution in [-0.4, -0.2) is 19.9 Å². The van der Waals surface area contributed by atoms with Crippen LogP contribution in [0.5, 0.6) is 11.5 Å². The maximum Gasteiger partial charge on any atom is 0.128 e. The molecule has 0 amide bonds. The van der Waals surface area contributed by atoms with Crippen LogP contribution in [0.3, 0.4) is 0 Å². The van der Waals surface area contributed by atoms with E-state index in [1.807, 2.05) is 6.07 Å². The average Bonchev–Trinajstić information content (AvgIpc) is 3.87. The minimum Gasteiger partial charge on any atom is -0.457 e. The first kappa shape index (κ1) is 29.5. The zero-order chi connectivity index (χ0) is 34.3. The second kappa shape index (κ2) is 11.0. The minimum absolute atomic E-state index is 0.0764. The van der Waals surface area contributed by atoms with Crippen LogP contribution in [0.1, 0.15) is 26.3 Å². The van der Waals surface area contributed by atoms with Gasteiger partial charge < -0.3 is 14.7 Å². The van der Waals surface area contributed by atoms with Gasteiger partial charge in [-0.1, -0.05) is 106 Å². The van der Waals surface area contributed by atoms with Crippen LogP contribution in [0, 0.1) is 0 Å². The van der Waals surface area contributed by atoms with Crippen LogP contribution in [0.2, 0.25) is 0 Å².